The Morgan fingerprint density at radius 3 is 2.42 bits per heavy atom. The van der Waals surface area contributed by atoms with Crippen LogP contribution in [0.1, 0.15) is 12.8 Å². The number of hydrogen-bond acceptors (Lipinski definition) is 4. The van der Waals surface area contributed by atoms with Crippen molar-refractivity contribution < 1.29 is 0 Å². The van der Waals surface area contributed by atoms with Gasteiger partial charge in [0.2, 0.25) is 0 Å². The molecule has 1 aliphatic heterocycles. The summed E-state index contributed by atoms with van der Waals surface area (Å²) in [5.41, 5.74) is 0. The van der Waals surface area contributed by atoms with E-state index >= 15 is 0 Å². The van der Waals surface area contributed by atoms with Crippen molar-refractivity contribution in [2.45, 2.75) is 18.9 Å². The molecule has 0 amide bonds. The highest BCUT2D eigenvalue weighted by Crippen LogP contribution is 2.27. The molecular weight excluding hydrogens is 188 g/mol. The minimum atomic E-state index is 0.790. The minimum absolute atomic E-state index is 0.790. The van der Waals surface area contributed by atoms with Crippen LogP contribution in [0, 0.1) is 0 Å². The van der Waals surface area contributed by atoms with Gasteiger partial charge in [0.1, 0.15) is 0 Å². The molecular formula is C8H18N2S2. The minimum Gasteiger partial charge on any atom is -0.306 e. The van der Waals surface area contributed by atoms with Crippen LogP contribution >= 0.6 is 21.8 Å². The zero-order valence-electron chi connectivity index (χ0n) is 8.12. The summed E-state index contributed by atoms with van der Waals surface area (Å²) in [6, 6.07) is 0.790. The predicted molar refractivity (Wildman–Crippen MR) is 59.4 cm³/mol. The van der Waals surface area contributed by atoms with Crippen LogP contribution < -0.4 is 0 Å². The van der Waals surface area contributed by atoms with Crippen molar-refractivity contribution in [1.82, 2.24) is 9.21 Å². The quantitative estimate of drug-likeness (QED) is 0.514. The highest BCUT2D eigenvalue weighted by molar-refractivity contribution is 8.75. The van der Waals surface area contributed by atoms with E-state index in [1.54, 1.807) is 0 Å². The monoisotopic (exact) mass is 206 g/mol. The summed E-state index contributed by atoms with van der Waals surface area (Å²) < 4.78 is 2.40. The molecule has 0 aromatic heterocycles. The largest absolute Gasteiger partial charge is 0.306 e. The summed E-state index contributed by atoms with van der Waals surface area (Å²) in [6.07, 6.45) is 4.78. The lowest BCUT2D eigenvalue weighted by molar-refractivity contribution is 0.205. The van der Waals surface area contributed by atoms with E-state index < -0.39 is 0 Å². The molecule has 0 bridgehead atoms. The molecule has 1 saturated heterocycles. The van der Waals surface area contributed by atoms with Crippen LogP contribution in [0.15, 0.2) is 0 Å². The molecule has 1 heterocycles. The van der Waals surface area contributed by atoms with Gasteiger partial charge in [-0.3, -0.25) is 0 Å². The molecule has 0 aliphatic carbocycles. The molecule has 12 heavy (non-hydrogen) atoms. The van der Waals surface area contributed by atoms with Gasteiger partial charge in [-0.2, -0.15) is 0 Å². The fourth-order valence-corrected chi connectivity index (χ4v) is 3.18. The van der Waals surface area contributed by atoms with Gasteiger partial charge in [-0.25, -0.2) is 4.31 Å². The molecule has 1 aliphatic rings. The average molecular weight is 206 g/mol. The lowest BCUT2D eigenvalue weighted by Crippen LogP contribution is -2.38. The SMILES string of the molecule is CSSN(C)C1CCN(C)CC1. The van der Waals surface area contributed by atoms with E-state index in [9.17, 15) is 0 Å². The number of rotatable bonds is 3. The number of hydrogen-bond donors (Lipinski definition) is 0. The first-order chi connectivity index (χ1) is 5.74. The third kappa shape index (κ3) is 3.17. The maximum Gasteiger partial charge on any atom is 0.0231 e. The van der Waals surface area contributed by atoms with E-state index in [4.69, 9.17) is 0 Å². The van der Waals surface area contributed by atoms with Gasteiger partial charge >= 0.3 is 0 Å². The van der Waals surface area contributed by atoms with Crippen molar-refractivity contribution in [1.29, 1.82) is 0 Å². The molecule has 1 fully saturated rings. The van der Waals surface area contributed by atoms with Crippen molar-refractivity contribution >= 4 is 21.8 Å². The topological polar surface area (TPSA) is 6.48 Å². The van der Waals surface area contributed by atoms with E-state index in [0.717, 1.165) is 6.04 Å². The highest BCUT2D eigenvalue weighted by Gasteiger charge is 2.20. The molecule has 0 saturated carbocycles. The Morgan fingerprint density at radius 1 is 1.33 bits per heavy atom. The molecule has 4 heteroatoms. The normalized spacial score (nSPS) is 22.0. The Labute approximate surface area is 83.6 Å². The Bertz CT molecular complexity index is 124. The summed E-state index contributed by atoms with van der Waals surface area (Å²) in [7, 11) is 8.12. The predicted octanol–water partition coefficient (Wildman–Crippen LogP) is 1.94. The van der Waals surface area contributed by atoms with E-state index in [-0.39, 0.29) is 0 Å². The van der Waals surface area contributed by atoms with Crippen LogP contribution in [0.2, 0.25) is 0 Å². The smallest absolute Gasteiger partial charge is 0.0231 e. The van der Waals surface area contributed by atoms with E-state index in [1.807, 2.05) is 21.8 Å². The first-order valence-corrected chi connectivity index (χ1v) is 6.87. The summed E-state index contributed by atoms with van der Waals surface area (Å²) in [6.45, 7) is 2.51. The average Bonchev–Trinajstić information content (AvgIpc) is 2.06. The summed E-state index contributed by atoms with van der Waals surface area (Å²) in [5.74, 6) is 0. The third-order valence-electron chi connectivity index (χ3n) is 2.39. The molecule has 0 aromatic rings. The Hall–Kier alpha value is 0.620. The second kappa shape index (κ2) is 5.37. The van der Waals surface area contributed by atoms with Gasteiger partial charge in [-0.15, -0.1) is 0 Å². The zero-order valence-corrected chi connectivity index (χ0v) is 9.75. The number of piperidine rings is 1. The van der Waals surface area contributed by atoms with Crippen molar-refractivity contribution in [2.75, 3.05) is 33.4 Å². The maximum atomic E-state index is 2.41. The van der Waals surface area contributed by atoms with Crippen LogP contribution in [-0.2, 0) is 0 Å². The van der Waals surface area contributed by atoms with Crippen molar-refractivity contribution in [3.8, 4) is 0 Å². The molecule has 1 rings (SSSR count). The van der Waals surface area contributed by atoms with Gasteiger partial charge in [0.25, 0.3) is 0 Å². The van der Waals surface area contributed by atoms with Crippen LogP contribution in [0.25, 0.3) is 0 Å². The molecule has 0 N–H and O–H groups in total. The molecule has 0 unspecified atom stereocenters. The van der Waals surface area contributed by atoms with E-state index in [0.29, 0.717) is 0 Å². The van der Waals surface area contributed by atoms with Crippen LogP contribution in [0.4, 0.5) is 0 Å². The fourth-order valence-electron chi connectivity index (χ4n) is 1.54. The van der Waals surface area contributed by atoms with E-state index in [2.05, 4.69) is 29.6 Å². The highest BCUT2D eigenvalue weighted by atomic mass is 33.1. The lowest BCUT2D eigenvalue weighted by atomic mass is 10.1. The number of likely N-dealkylation sites (tertiary alicyclic amines) is 1. The molecule has 0 radical (unpaired) electrons. The fraction of sp³-hybridized carbons (Fsp3) is 1.00. The number of nitrogens with zero attached hydrogens (tertiary/aromatic N) is 2. The molecule has 2 nitrogen and oxygen atoms in total. The lowest BCUT2D eigenvalue weighted by Gasteiger charge is -2.33. The Balaban J connectivity index is 2.24. The van der Waals surface area contributed by atoms with Gasteiger partial charge in [0, 0.05) is 6.04 Å². The zero-order chi connectivity index (χ0) is 8.97. The molecule has 0 atom stereocenters. The molecule has 72 valence electrons. The van der Waals surface area contributed by atoms with Crippen LogP contribution in [-0.4, -0.2) is 48.7 Å². The first-order valence-electron chi connectivity index (χ1n) is 4.36. The van der Waals surface area contributed by atoms with Crippen LogP contribution in [0.3, 0.4) is 0 Å². The summed E-state index contributed by atoms with van der Waals surface area (Å²) in [5, 5.41) is 0. The Morgan fingerprint density at radius 2 is 1.92 bits per heavy atom. The molecule has 0 spiro atoms. The van der Waals surface area contributed by atoms with Gasteiger partial charge in [0.15, 0.2) is 0 Å². The van der Waals surface area contributed by atoms with Gasteiger partial charge in [-0.1, -0.05) is 10.8 Å². The van der Waals surface area contributed by atoms with Gasteiger partial charge in [-0.05, 0) is 57.3 Å². The van der Waals surface area contributed by atoms with E-state index in [1.165, 1.54) is 25.9 Å². The van der Waals surface area contributed by atoms with Crippen molar-refractivity contribution in [3.05, 3.63) is 0 Å². The van der Waals surface area contributed by atoms with Crippen molar-refractivity contribution in [3.63, 3.8) is 0 Å². The molecule has 0 aromatic carbocycles. The summed E-state index contributed by atoms with van der Waals surface area (Å²) in [4.78, 5) is 2.41. The van der Waals surface area contributed by atoms with Gasteiger partial charge in [0.05, 0.1) is 0 Å². The second-order valence-corrected chi connectivity index (χ2v) is 5.83. The van der Waals surface area contributed by atoms with Gasteiger partial charge < -0.3 is 4.90 Å². The van der Waals surface area contributed by atoms with Crippen molar-refractivity contribution in [2.24, 2.45) is 0 Å². The maximum absolute atomic E-state index is 2.41. The Kier molecular flexibility index (Phi) is 4.79. The van der Waals surface area contributed by atoms with Crippen LogP contribution in [0.5, 0.6) is 0 Å². The standard InChI is InChI=1S/C8H18N2S2/c1-9-6-4-8(5-7-9)10(2)12-11-3/h8H,4-7H2,1-3H3. The summed E-state index contributed by atoms with van der Waals surface area (Å²) >= 11 is 0. The third-order valence-corrected chi connectivity index (χ3v) is 4.23. The second-order valence-electron chi connectivity index (χ2n) is 3.32. The first kappa shape index (κ1) is 10.7.